The number of nitrogens with zero attached hydrogens (tertiary/aromatic N) is 2. The maximum Gasteiger partial charge on any atom is 0.407 e. The van der Waals surface area contributed by atoms with Crippen molar-refractivity contribution in [3.63, 3.8) is 0 Å². The average Bonchev–Trinajstić information content (AvgIpc) is 3.03. The van der Waals surface area contributed by atoms with E-state index in [-0.39, 0.29) is 17.4 Å². The third-order valence-corrected chi connectivity index (χ3v) is 11.5. The van der Waals surface area contributed by atoms with Gasteiger partial charge in [0, 0.05) is 6.61 Å². The Labute approximate surface area is 172 Å². The van der Waals surface area contributed by atoms with E-state index in [9.17, 15) is 9.90 Å². The predicted octanol–water partition coefficient (Wildman–Crippen LogP) is 4.74. The van der Waals surface area contributed by atoms with Crippen LogP contribution in [0.2, 0.25) is 18.1 Å². The van der Waals surface area contributed by atoms with Crippen molar-refractivity contribution in [3.8, 4) is 0 Å². The number of amides is 1. The van der Waals surface area contributed by atoms with Crippen LogP contribution in [0.3, 0.4) is 0 Å². The molecule has 2 aliphatic heterocycles. The fourth-order valence-corrected chi connectivity index (χ4v) is 5.51. The molecule has 7 nitrogen and oxygen atoms in total. The van der Waals surface area contributed by atoms with Gasteiger partial charge in [-0.05, 0) is 37.4 Å². The lowest BCUT2D eigenvalue weighted by Gasteiger charge is -2.41. The highest BCUT2D eigenvalue weighted by Crippen LogP contribution is 2.43. The Balaban J connectivity index is 1.76. The minimum atomic E-state index is -2.05. The first kappa shape index (κ1) is 21.7. The van der Waals surface area contributed by atoms with Crippen LogP contribution in [-0.4, -0.2) is 48.8 Å². The second-order valence-electron chi connectivity index (χ2n) is 9.06. The number of fused-ring (bicyclic) bond motifs is 1. The van der Waals surface area contributed by atoms with Crippen molar-refractivity contribution in [1.29, 1.82) is 0 Å². The fraction of sp³-hybridized carbons (Fsp3) is 0.789. The molecule has 1 fully saturated rings. The zero-order valence-corrected chi connectivity index (χ0v) is 19.3. The largest absolute Gasteiger partial charge is 0.465 e. The fourth-order valence-electron chi connectivity index (χ4n) is 3.15. The van der Waals surface area contributed by atoms with Crippen molar-refractivity contribution in [2.75, 3.05) is 13.2 Å². The molecule has 0 aromatic carbocycles. The smallest absolute Gasteiger partial charge is 0.407 e. The lowest BCUT2D eigenvalue weighted by atomic mass is 10.1. The van der Waals surface area contributed by atoms with E-state index in [0.29, 0.717) is 19.7 Å². The summed E-state index contributed by atoms with van der Waals surface area (Å²) in [5.41, 5.74) is 0.797. The Morgan fingerprint density at radius 1 is 1.39 bits per heavy atom. The summed E-state index contributed by atoms with van der Waals surface area (Å²) in [5.74, 6) is 0. The van der Waals surface area contributed by atoms with E-state index in [0.717, 1.165) is 41.4 Å². The molecule has 9 heteroatoms. The maximum absolute atomic E-state index is 11.6. The average molecular weight is 429 g/mol. The second kappa shape index (κ2) is 8.39. The molecule has 0 spiro atoms. The minimum absolute atomic E-state index is 0.0492. The first-order valence-corrected chi connectivity index (χ1v) is 13.7. The molecule has 1 amide bonds. The van der Waals surface area contributed by atoms with E-state index < -0.39 is 14.4 Å². The van der Waals surface area contributed by atoms with Gasteiger partial charge in [-0.1, -0.05) is 20.8 Å². The van der Waals surface area contributed by atoms with Gasteiger partial charge in [-0.25, -0.2) is 9.78 Å². The molecule has 28 heavy (non-hydrogen) atoms. The molecule has 1 saturated heterocycles. The van der Waals surface area contributed by atoms with Crippen LogP contribution in [0.1, 0.15) is 61.7 Å². The molecule has 1 aromatic heterocycles. The van der Waals surface area contributed by atoms with Gasteiger partial charge in [0.05, 0.1) is 29.8 Å². The topological polar surface area (TPSA) is 81.1 Å². The Bertz CT molecular complexity index is 697. The molecule has 3 heterocycles. The molecule has 158 valence electrons. The van der Waals surface area contributed by atoms with Crippen LogP contribution >= 0.6 is 11.3 Å². The highest BCUT2D eigenvalue weighted by molar-refractivity contribution is 7.11. The first-order valence-electron chi connectivity index (χ1n) is 9.94. The van der Waals surface area contributed by atoms with Crippen molar-refractivity contribution in [2.45, 2.75) is 83.7 Å². The summed E-state index contributed by atoms with van der Waals surface area (Å²) >= 11 is 1.58. The lowest BCUT2D eigenvalue weighted by molar-refractivity contribution is -0.168. The predicted molar refractivity (Wildman–Crippen MR) is 110 cm³/mol. The molecule has 2 unspecified atom stereocenters. The number of hydrogen-bond donors (Lipinski definition) is 1. The van der Waals surface area contributed by atoms with Gasteiger partial charge in [-0.15, -0.1) is 11.3 Å². The number of ether oxygens (including phenoxy) is 2. The molecule has 0 saturated carbocycles. The molecule has 1 aromatic rings. The van der Waals surface area contributed by atoms with Crippen LogP contribution < -0.4 is 0 Å². The molecule has 2 atom stereocenters. The van der Waals surface area contributed by atoms with Gasteiger partial charge in [0.2, 0.25) is 0 Å². The molecule has 0 bridgehead atoms. The van der Waals surface area contributed by atoms with Gasteiger partial charge < -0.3 is 19.0 Å². The van der Waals surface area contributed by atoms with E-state index in [1.807, 2.05) is 0 Å². The number of carboxylic acid groups (broad SMARTS) is 1. The van der Waals surface area contributed by atoms with Gasteiger partial charge in [-0.2, -0.15) is 0 Å². The Hall–Kier alpha value is -1.00. The van der Waals surface area contributed by atoms with E-state index >= 15 is 0 Å². The summed E-state index contributed by atoms with van der Waals surface area (Å²) in [7, 11) is -2.05. The zero-order valence-electron chi connectivity index (χ0n) is 17.5. The molecule has 3 rings (SSSR count). The zero-order chi connectivity index (χ0) is 20.5. The Kier molecular flexibility index (Phi) is 6.50. The summed E-state index contributed by atoms with van der Waals surface area (Å²) in [6.07, 6.45) is 1.76. The van der Waals surface area contributed by atoms with Crippen LogP contribution in [-0.2, 0) is 27.1 Å². The van der Waals surface area contributed by atoms with E-state index in [1.165, 1.54) is 4.90 Å². The van der Waals surface area contributed by atoms with Gasteiger partial charge >= 0.3 is 6.09 Å². The van der Waals surface area contributed by atoms with Gasteiger partial charge in [0.25, 0.3) is 0 Å². The highest BCUT2D eigenvalue weighted by atomic mass is 32.1. The SMILES string of the molecule is CC(C)(C)[Si](C)(C)OC1CN(C(=O)O)Cc2nc(COC3CCCCO3)sc21. The lowest BCUT2D eigenvalue weighted by Crippen LogP contribution is -2.46. The normalized spacial score (nSPS) is 23.5. The van der Waals surface area contributed by atoms with E-state index in [2.05, 4.69) is 38.8 Å². The second-order valence-corrected chi connectivity index (χ2v) is 14.9. The van der Waals surface area contributed by atoms with Crippen LogP contribution in [0.5, 0.6) is 0 Å². The van der Waals surface area contributed by atoms with Crippen molar-refractivity contribution in [3.05, 3.63) is 15.6 Å². The number of aromatic nitrogens is 1. The van der Waals surface area contributed by atoms with E-state index in [1.54, 1.807) is 11.3 Å². The Morgan fingerprint density at radius 2 is 2.14 bits per heavy atom. The van der Waals surface area contributed by atoms with Crippen LogP contribution in [0.25, 0.3) is 0 Å². The molecular weight excluding hydrogens is 396 g/mol. The highest BCUT2D eigenvalue weighted by Gasteiger charge is 2.42. The monoisotopic (exact) mass is 428 g/mol. The molecule has 2 aliphatic rings. The van der Waals surface area contributed by atoms with Crippen LogP contribution in [0.15, 0.2) is 0 Å². The van der Waals surface area contributed by atoms with Crippen LogP contribution in [0, 0.1) is 0 Å². The van der Waals surface area contributed by atoms with E-state index in [4.69, 9.17) is 13.9 Å². The minimum Gasteiger partial charge on any atom is -0.465 e. The maximum atomic E-state index is 11.6. The molecular formula is C19H32N2O5SSi. The summed E-state index contributed by atoms with van der Waals surface area (Å²) in [6.45, 7) is 12.7. The summed E-state index contributed by atoms with van der Waals surface area (Å²) < 4.78 is 18.1. The standard InChI is InChI=1S/C19H32N2O5SSi/c1-19(2,3)28(4,5)26-14-11-21(18(22)23)10-13-17(14)27-15(20-13)12-25-16-8-6-7-9-24-16/h14,16H,6-12H2,1-5H3,(H,22,23). The number of thiazole rings is 1. The Morgan fingerprint density at radius 3 is 2.75 bits per heavy atom. The molecule has 0 aliphatic carbocycles. The van der Waals surface area contributed by atoms with Crippen molar-refractivity contribution < 1.29 is 23.8 Å². The van der Waals surface area contributed by atoms with Gasteiger partial charge in [-0.3, -0.25) is 4.90 Å². The number of rotatable bonds is 5. The number of carbonyl (C=O) groups is 1. The molecule has 1 N–H and O–H groups in total. The van der Waals surface area contributed by atoms with Gasteiger partial charge in [0.1, 0.15) is 11.6 Å². The summed E-state index contributed by atoms with van der Waals surface area (Å²) in [4.78, 5) is 18.8. The summed E-state index contributed by atoms with van der Waals surface area (Å²) in [5, 5.41) is 10.4. The third-order valence-electron chi connectivity index (χ3n) is 5.84. The number of hydrogen-bond acceptors (Lipinski definition) is 6. The first-order chi connectivity index (χ1) is 13.1. The molecule has 0 radical (unpaired) electrons. The van der Waals surface area contributed by atoms with Crippen LogP contribution in [0.4, 0.5) is 4.79 Å². The van der Waals surface area contributed by atoms with Crippen molar-refractivity contribution in [2.24, 2.45) is 0 Å². The van der Waals surface area contributed by atoms with Crippen molar-refractivity contribution >= 4 is 25.7 Å². The summed E-state index contributed by atoms with van der Waals surface area (Å²) in [6, 6.07) is 0. The third kappa shape index (κ3) is 4.94. The van der Waals surface area contributed by atoms with Crippen molar-refractivity contribution in [1.82, 2.24) is 9.88 Å². The van der Waals surface area contributed by atoms with Gasteiger partial charge in [0.15, 0.2) is 14.6 Å². The quantitative estimate of drug-likeness (QED) is 0.682.